The Kier molecular flexibility index (Phi) is 5.26. The zero-order chi connectivity index (χ0) is 20.6. The highest BCUT2D eigenvalue weighted by Crippen LogP contribution is 2.40. The Morgan fingerprint density at radius 1 is 1.32 bits per heavy atom. The van der Waals surface area contributed by atoms with Gasteiger partial charge in [0.2, 0.25) is 0 Å². The summed E-state index contributed by atoms with van der Waals surface area (Å²) in [5.41, 5.74) is 7.14. The van der Waals surface area contributed by atoms with Crippen molar-refractivity contribution in [2.75, 3.05) is 12.0 Å². The number of hydrogen-bond acceptors (Lipinski definition) is 8. The van der Waals surface area contributed by atoms with Crippen LogP contribution in [0.4, 0.5) is 11.4 Å². The van der Waals surface area contributed by atoms with E-state index in [0.717, 1.165) is 0 Å². The number of anilines is 1. The lowest BCUT2D eigenvalue weighted by Crippen LogP contribution is -2.40. The second-order valence-electron chi connectivity index (χ2n) is 7.10. The van der Waals surface area contributed by atoms with Crippen LogP contribution in [0.1, 0.15) is 30.4 Å². The fourth-order valence-corrected chi connectivity index (χ4v) is 4.05. The van der Waals surface area contributed by atoms with E-state index in [9.17, 15) is 14.9 Å². The van der Waals surface area contributed by atoms with Crippen molar-refractivity contribution < 1.29 is 9.72 Å². The molecule has 0 saturated heterocycles. The minimum absolute atomic E-state index is 0.0468. The number of nitro groups is 1. The van der Waals surface area contributed by atoms with Crippen molar-refractivity contribution >= 4 is 50.6 Å². The van der Waals surface area contributed by atoms with Gasteiger partial charge in [-0.15, -0.1) is 11.3 Å². The van der Waals surface area contributed by atoms with Crippen LogP contribution in [0.2, 0.25) is 0 Å². The Balaban J connectivity index is 2.24. The highest BCUT2D eigenvalue weighted by atomic mass is 32.2. The van der Waals surface area contributed by atoms with E-state index in [2.05, 4.69) is 15.3 Å². The maximum Gasteiger partial charge on any atom is 0.270 e. The number of nitrogens with one attached hydrogen (secondary N) is 1. The summed E-state index contributed by atoms with van der Waals surface area (Å²) in [6, 6.07) is 6.18. The number of carbonyl (C=O) groups excluding carboxylic acids is 1. The van der Waals surface area contributed by atoms with Crippen molar-refractivity contribution in [3.8, 4) is 11.3 Å². The number of aromatic nitrogens is 2. The second kappa shape index (κ2) is 7.36. The van der Waals surface area contributed by atoms with E-state index in [-0.39, 0.29) is 17.3 Å². The van der Waals surface area contributed by atoms with Crippen LogP contribution in [0.5, 0.6) is 0 Å². The lowest BCUT2D eigenvalue weighted by atomic mass is 10.1. The minimum Gasteiger partial charge on any atom is -0.397 e. The average molecular weight is 418 g/mol. The molecule has 0 aliphatic carbocycles. The van der Waals surface area contributed by atoms with Gasteiger partial charge in [0.05, 0.1) is 21.7 Å². The maximum atomic E-state index is 12.7. The number of nitro benzene ring substituents is 1. The van der Waals surface area contributed by atoms with Gasteiger partial charge in [0.15, 0.2) is 5.16 Å². The number of nitrogen functional groups attached to an aromatic ring is 1. The van der Waals surface area contributed by atoms with Crippen molar-refractivity contribution in [3.05, 3.63) is 39.3 Å². The van der Waals surface area contributed by atoms with Gasteiger partial charge in [0.1, 0.15) is 9.71 Å². The molecule has 8 nitrogen and oxygen atoms in total. The van der Waals surface area contributed by atoms with Gasteiger partial charge in [-0.2, -0.15) is 0 Å². The number of fused-ring (bicyclic) bond motifs is 1. The number of thiophene rings is 1. The SMILES string of the molecule is CSc1nc(-c2cccc([N+](=O)[O-])c2)c2c(N)c(C(=O)NC(C)(C)C)sc2n1. The zero-order valence-corrected chi connectivity index (χ0v) is 17.4. The van der Waals surface area contributed by atoms with E-state index in [0.29, 0.717) is 31.5 Å². The smallest absolute Gasteiger partial charge is 0.270 e. The maximum absolute atomic E-state index is 12.7. The first-order valence-corrected chi connectivity index (χ1v) is 10.4. The molecule has 1 amide bonds. The Labute approximate surface area is 169 Å². The zero-order valence-electron chi connectivity index (χ0n) is 15.8. The van der Waals surface area contributed by atoms with E-state index in [1.807, 2.05) is 27.0 Å². The Hall–Kier alpha value is -2.72. The highest BCUT2D eigenvalue weighted by molar-refractivity contribution is 7.98. The summed E-state index contributed by atoms with van der Waals surface area (Å²) in [5.74, 6) is -0.288. The second-order valence-corrected chi connectivity index (χ2v) is 8.87. The third-order valence-corrected chi connectivity index (χ3v) is 5.42. The van der Waals surface area contributed by atoms with E-state index in [1.54, 1.807) is 12.1 Å². The molecule has 10 heteroatoms. The number of benzene rings is 1. The van der Waals surface area contributed by atoms with Crippen LogP contribution in [0.25, 0.3) is 21.5 Å². The van der Waals surface area contributed by atoms with Gasteiger partial charge in [-0.1, -0.05) is 23.9 Å². The van der Waals surface area contributed by atoms with Crippen molar-refractivity contribution in [1.82, 2.24) is 15.3 Å². The fourth-order valence-electron chi connectivity index (χ4n) is 2.64. The summed E-state index contributed by atoms with van der Waals surface area (Å²) in [4.78, 5) is 33.3. The van der Waals surface area contributed by atoms with Gasteiger partial charge in [-0.25, -0.2) is 9.97 Å². The molecule has 0 aliphatic heterocycles. The van der Waals surface area contributed by atoms with E-state index >= 15 is 0 Å². The van der Waals surface area contributed by atoms with Gasteiger partial charge >= 0.3 is 0 Å². The monoisotopic (exact) mass is 417 g/mol. The molecule has 0 aliphatic rings. The number of carbonyl (C=O) groups is 1. The predicted octanol–water partition coefficient (Wildman–Crippen LogP) is 4.10. The molecule has 0 atom stereocenters. The predicted molar refractivity (Wildman–Crippen MR) is 113 cm³/mol. The molecular weight excluding hydrogens is 398 g/mol. The van der Waals surface area contributed by atoms with E-state index < -0.39 is 10.5 Å². The Morgan fingerprint density at radius 3 is 2.64 bits per heavy atom. The van der Waals surface area contributed by atoms with Gasteiger partial charge in [-0.3, -0.25) is 14.9 Å². The standard InChI is InChI=1S/C18H19N5O3S2/c1-18(2,3)22-15(24)14-12(19)11-13(20-17(27-4)21-16(11)28-14)9-6-5-7-10(8-9)23(25)26/h5-8H,19H2,1-4H3,(H,22,24). The van der Waals surface area contributed by atoms with Crippen LogP contribution in [0.3, 0.4) is 0 Å². The number of thioether (sulfide) groups is 1. The van der Waals surface area contributed by atoms with Crippen LogP contribution < -0.4 is 11.1 Å². The molecule has 0 unspecified atom stereocenters. The molecule has 0 spiro atoms. The van der Waals surface area contributed by atoms with Crippen LogP contribution in [-0.2, 0) is 0 Å². The molecule has 0 bridgehead atoms. The van der Waals surface area contributed by atoms with E-state index in [1.165, 1.54) is 35.2 Å². The summed E-state index contributed by atoms with van der Waals surface area (Å²) in [6.45, 7) is 5.65. The fraction of sp³-hybridized carbons (Fsp3) is 0.278. The van der Waals surface area contributed by atoms with E-state index in [4.69, 9.17) is 5.73 Å². The molecular formula is C18H19N5O3S2. The number of rotatable bonds is 4. The van der Waals surface area contributed by atoms with Gasteiger partial charge in [0.25, 0.3) is 11.6 Å². The number of amides is 1. The van der Waals surface area contributed by atoms with Crippen molar-refractivity contribution in [2.45, 2.75) is 31.5 Å². The Bertz CT molecular complexity index is 1090. The molecule has 2 aromatic heterocycles. The minimum atomic E-state index is -0.462. The first-order chi connectivity index (χ1) is 13.1. The quantitative estimate of drug-likeness (QED) is 0.283. The summed E-state index contributed by atoms with van der Waals surface area (Å²) >= 11 is 2.53. The molecule has 3 N–H and O–H groups in total. The third kappa shape index (κ3) is 3.92. The number of non-ortho nitro benzene ring substituents is 1. The molecule has 0 fully saturated rings. The molecule has 0 radical (unpaired) electrons. The molecule has 28 heavy (non-hydrogen) atoms. The number of nitrogens with zero attached hydrogens (tertiary/aromatic N) is 3. The van der Waals surface area contributed by atoms with Crippen molar-refractivity contribution in [3.63, 3.8) is 0 Å². The van der Waals surface area contributed by atoms with Gasteiger partial charge in [-0.05, 0) is 27.0 Å². The molecule has 2 heterocycles. The van der Waals surface area contributed by atoms with Crippen LogP contribution in [-0.4, -0.2) is 32.6 Å². The average Bonchev–Trinajstić information content (AvgIpc) is 2.96. The summed E-state index contributed by atoms with van der Waals surface area (Å²) in [7, 11) is 0. The third-order valence-electron chi connectivity index (χ3n) is 3.78. The molecule has 3 aromatic rings. The van der Waals surface area contributed by atoms with Crippen LogP contribution >= 0.6 is 23.1 Å². The Morgan fingerprint density at radius 2 is 2.04 bits per heavy atom. The normalized spacial score (nSPS) is 11.6. The van der Waals surface area contributed by atoms with Crippen molar-refractivity contribution in [2.24, 2.45) is 0 Å². The highest BCUT2D eigenvalue weighted by Gasteiger charge is 2.25. The molecule has 146 valence electrons. The lowest BCUT2D eigenvalue weighted by molar-refractivity contribution is -0.384. The number of nitrogens with two attached hydrogens (primary N) is 1. The van der Waals surface area contributed by atoms with Gasteiger partial charge in [0, 0.05) is 23.2 Å². The molecule has 3 rings (SSSR count). The van der Waals surface area contributed by atoms with Gasteiger partial charge < -0.3 is 11.1 Å². The summed E-state index contributed by atoms with van der Waals surface area (Å²) < 4.78 is 0. The number of hydrogen-bond donors (Lipinski definition) is 2. The van der Waals surface area contributed by atoms with Crippen LogP contribution in [0, 0.1) is 10.1 Å². The van der Waals surface area contributed by atoms with Crippen molar-refractivity contribution in [1.29, 1.82) is 0 Å². The first kappa shape index (κ1) is 20.0. The van der Waals surface area contributed by atoms with Crippen LogP contribution in [0.15, 0.2) is 29.4 Å². The lowest BCUT2D eigenvalue weighted by Gasteiger charge is -2.20. The topological polar surface area (TPSA) is 124 Å². The molecule has 0 saturated carbocycles. The summed E-state index contributed by atoms with van der Waals surface area (Å²) in [5, 5.41) is 15.1. The first-order valence-electron chi connectivity index (χ1n) is 8.32. The largest absolute Gasteiger partial charge is 0.397 e. The molecule has 1 aromatic carbocycles. The summed E-state index contributed by atoms with van der Waals surface area (Å²) in [6.07, 6.45) is 1.84.